The smallest absolute Gasteiger partial charge is 0.274 e. The van der Waals surface area contributed by atoms with Crippen LogP contribution in [0.2, 0.25) is 0 Å². The van der Waals surface area contributed by atoms with Crippen molar-refractivity contribution < 1.29 is 4.79 Å². The van der Waals surface area contributed by atoms with Crippen LogP contribution in [0.15, 0.2) is 30.3 Å². The van der Waals surface area contributed by atoms with E-state index in [1.165, 1.54) is 0 Å². The summed E-state index contributed by atoms with van der Waals surface area (Å²) in [5, 5.41) is 2.97. The molecule has 0 fully saturated rings. The first kappa shape index (κ1) is 17.9. The van der Waals surface area contributed by atoms with Crippen molar-refractivity contribution in [1.29, 1.82) is 0 Å². The first-order valence-corrected chi connectivity index (χ1v) is 8.51. The van der Waals surface area contributed by atoms with Gasteiger partial charge in [0.25, 0.3) is 5.91 Å². The quantitative estimate of drug-likeness (QED) is 0.840. The second-order valence-electron chi connectivity index (χ2n) is 5.90. The average Bonchev–Trinajstić information content (AvgIpc) is 2.59. The van der Waals surface area contributed by atoms with Gasteiger partial charge in [0.05, 0.1) is 0 Å². The molecular weight excluding hydrogens is 300 g/mol. The van der Waals surface area contributed by atoms with Gasteiger partial charge in [-0.15, -0.1) is 0 Å². The number of unbranched alkanes of at least 4 members (excludes halogenated alkanes) is 1. The minimum Gasteiger partial charge on any atom is -0.360 e. The lowest BCUT2D eigenvalue weighted by molar-refractivity contribution is 0.102. The van der Waals surface area contributed by atoms with E-state index in [1.807, 2.05) is 38.2 Å². The molecule has 0 bridgehead atoms. The Hall–Kier alpha value is -2.43. The number of anilines is 2. The SMILES string of the molecule is CCCCN(C)c1cc(C(=O)Nc2ccccc2CC)nc(C)n1. The monoisotopic (exact) mass is 326 g/mol. The normalized spacial score (nSPS) is 10.5. The Bertz CT molecular complexity index is 700. The Morgan fingerprint density at radius 2 is 1.96 bits per heavy atom. The third-order valence-corrected chi connectivity index (χ3v) is 3.94. The van der Waals surface area contributed by atoms with Crippen molar-refractivity contribution in [2.75, 3.05) is 23.8 Å². The summed E-state index contributed by atoms with van der Waals surface area (Å²) in [5.74, 6) is 1.18. The zero-order valence-electron chi connectivity index (χ0n) is 15.0. The fourth-order valence-corrected chi connectivity index (χ4v) is 2.51. The molecule has 0 atom stereocenters. The number of aryl methyl sites for hydroxylation is 2. The van der Waals surface area contributed by atoms with E-state index in [4.69, 9.17) is 0 Å². The molecule has 0 aliphatic carbocycles. The summed E-state index contributed by atoms with van der Waals surface area (Å²) < 4.78 is 0. The molecule has 0 aliphatic rings. The predicted octanol–water partition coefficient (Wildman–Crippen LogP) is 3.84. The molecule has 0 aliphatic heterocycles. The molecule has 1 aromatic heterocycles. The van der Waals surface area contributed by atoms with Crippen molar-refractivity contribution >= 4 is 17.4 Å². The molecule has 0 unspecified atom stereocenters. The van der Waals surface area contributed by atoms with E-state index in [0.717, 1.165) is 42.9 Å². The maximum atomic E-state index is 12.6. The van der Waals surface area contributed by atoms with Crippen molar-refractivity contribution in [3.8, 4) is 0 Å². The van der Waals surface area contributed by atoms with Gasteiger partial charge in [0.1, 0.15) is 17.3 Å². The van der Waals surface area contributed by atoms with Crippen LogP contribution in [0, 0.1) is 6.92 Å². The number of benzene rings is 1. The van der Waals surface area contributed by atoms with Crippen LogP contribution < -0.4 is 10.2 Å². The maximum Gasteiger partial charge on any atom is 0.274 e. The zero-order valence-corrected chi connectivity index (χ0v) is 15.0. The molecule has 0 saturated carbocycles. The van der Waals surface area contributed by atoms with Crippen molar-refractivity contribution in [3.63, 3.8) is 0 Å². The van der Waals surface area contributed by atoms with Crippen LogP contribution in [0.25, 0.3) is 0 Å². The van der Waals surface area contributed by atoms with Gasteiger partial charge < -0.3 is 10.2 Å². The average molecular weight is 326 g/mol. The fourth-order valence-electron chi connectivity index (χ4n) is 2.51. The molecular formula is C19H26N4O. The van der Waals surface area contributed by atoms with Gasteiger partial charge in [-0.2, -0.15) is 0 Å². The molecule has 1 amide bonds. The van der Waals surface area contributed by atoms with Crippen molar-refractivity contribution in [2.24, 2.45) is 0 Å². The van der Waals surface area contributed by atoms with Crippen LogP contribution in [0.3, 0.4) is 0 Å². The highest BCUT2D eigenvalue weighted by Crippen LogP contribution is 2.18. The second-order valence-corrected chi connectivity index (χ2v) is 5.90. The highest BCUT2D eigenvalue weighted by molar-refractivity contribution is 6.03. The van der Waals surface area contributed by atoms with Gasteiger partial charge in [-0.25, -0.2) is 9.97 Å². The minimum absolute atomic E-state index is 0.202. The van der Waals surface area contributed by atoms with Crippen molar-refractivity contribution in [3.05, 3.63) is 47.4 Å². The summed E-state index contributed by atoms with van der Waals surface area (Å²) in [4.78, 5) is 23.4. The van der Waals surface area contributed by atoms with Crippen LogP contribution in [0.4, 0.5) is 11.5 Å². The summed E-state index contributed by atoms with van der Waals surface area (Å²) in [6, 6.07) is 9.59. The van der Waals surface area contributed by atoms with Crippen molar-refractivity contribution in [1.82, 2.24) is 9.97 Å². The molecule has 1 N–H and O–H groups in total. The van der Waals surface area contributed by atoms with Gasteiger partial charge in [0.2, 0.25) is 0 Å². The minimum atomic E-state index is -0.202. The molecule has 0 radical (unpaired) electrons. The van der Waals surface area contributed by atoms with E-state index >= 15 is 0 Å². The Kier molecular flexibility index (Phi) is 6.29. The standard InChI is InChI=1S/C19H26N4O/c1-5-7-12-23(4)18-13-17(20-14(3)21-18)19(24)22-16-11-9-8-10-15(16)6-2/h8-11,13H,5-7,12H2,1-4H3,(H,22,24). The summed E-state index contributed by atoms with van der Waals surface area (Å²) in [5.41, 5.74) is 2.34. The van der Waals surface area contributed by atoms with Crippen LogP contribution >= 0.6 is 0 Å². The lowest BCUT2D eigenvalue weighted by Crippen LogP contribution is -2.22. The van der Waals surface area contributed by atoms with E-state index in [1.54, 1.807) is 6.07 Å². The molecule has 24 heavy (non-hydrogen) atoms. The first-order valence-electron chi connectivity index (χ1n) is 8.51. The first-order chi connectivity index (χ1) is 11.5. The Morgan fingerprint density at radius 1 is 1.21 bits per heavy atom. The predicted molar refractivity (Wildman–Crippen MR) is 98.7 cm³/mol. The number of aromatic nitrogens is 2. The van der Waals surface area contributed by atoms with Crippen LogP contribution in [0.5, 0.6) is 0 Å². The molecule has 1 heterocycles. The Labute approximate surface area is 144 Å². The third kappa shape index (κ3) is 4.54. The lowest BCUT2D eigenvalue weighted by atomic mass is 10.1. The number of carbonyl (C=O) groups excluding carboxylic acids is 1. The molecule has 0 spiro atoms. The highest BCUT2D eigenvalue weighted by Gasteiger charge is 2.14. The highest BCUT2D eigenvalue weighted by atomic mass is 16.1. The fraction of sp³-hybridized carbons (Fsp3) is 0.421. The second kappa shape index (κ2) is 8.43. The maximum absolute atomic E-state index is 12.6. The third-order valence-electron chi connectivity index (χ3n) is 3.94. The molecule has 5 heteroatoms. The number of rotatable bonds is 7. The summed E-state index contributed by atoms with van der Waals surface area (Å²) >= 11 is 0. The molecule has 0 saturated heterocycles. The van der Waals surface area contributed by atoms with E-state index in [0.29, 0.717) is 11.5 Å². The molecule has 128 valence electrons. The summed E-state index contributed by atoms with van der Waals surface area (Å²) in [6.45, 7) is 6.95. The Balaban J connectivity index is 2.21. The van der Waals surface area contributed by atoms with Crippen LogP contribution in [0.1, 0.15) is 48.6 Å². The molecule has 2 aromatic rings. The number of carbonyl (C=O) groups is 1. The lowest BCUT2D eigenvalue weighted by Gasteiger charge is -2.18. The molecule has 5 nitrogen and oxygen atoms in total. The van der Waals surface area contributed by atoms with Gasteiger partial charge in [0, 0.05) is 25.3 Å². The molecule has 1 aromatic carbocycles. The zero-order chi connectivity index (χ0) is 17.5. The van der Waals surface area contributed by atoms with Crippen LogP contribution in [-0.2, 0) is 6.42 Å². The number of hydrogen-bond acceptors (Lipinski definition) is 4. The number of hydrogen-bond donors (Lipinski definition) is 1. The largest absolute Gasteiger partial charge is 0.360 e. The Morgan fingerprint density at radius 3 is 2.67 bits per heavy atom. The number of nitrogens with one attached hydrogen (secondary N) is 1. The van der Waals surface area contributed by atoms with E-state index in [-0.39, 0.29) is 5.91 Å². The van der Waals surface area contributed by atoms with Gasteiger partial charge in [-0.3, -0.25) is 4.79 Å². The van der Waals surface area contributed by atoms with E-state index in [2.05, 4.69) is 34.0 Å². The summed E-state index contributed by atoms with van der Waals surface area (Å²) in [7, 11) is 1.99. The summed E-state index contributed by atoms with van der Waals surface area (Å²) in [6.07, 6.45) is 3.07. The number of amides is 1. The molecule has 2 rings (SSSR count). The van der Waals surface area contributed by atoms with E-state index in [9.17, 15) is 4.79 Å². The van der Waals surface area contributed by atoms with Crippen LogP contribution in [-0.4, -0.2) is 29.5 Å². The van der Waals surface area contributed by atoms with Gasteiger partial charge in [-0.05, 0) is 31.4 Å². The van der Waals surface area contributed by atoms with Gasteiger partial charge in [-0.1, -0.05) is 38.5 Å². The number of nitrogens with zero attached hydrogens (tertiary/aromatic N) is 3. The number of para-hydroxylation sites is 1. The van der Waals surface area contributed by atoms with Crippen molar-refractivity contribution in [2.45, 2.75) is 40.0 Å². The topological polar surface area (TPSA) is 58.1 Å². The van der Waals surface area contributed by atoms with E-state index < -0.39 is 0 Å². The van der Waals surface area contributed by atoms with Gasteiger partial charge >= 0.3 is 0 Å². The van der Waals surface area contributed by atoms with Gasteiger partial charge in [0.15, 0.2) is 0 Å².